The largest absolute Gasteiger partial charge is 0.369 e. The van der Waals surface area contributed by atoms with Crippen molar-refractivity contribution in [2.24, 2.45) is 12.8 Å². The molecule has 1 amide bonds. The van der Waals surface area contributed by atoms with Gasteiger partial charge in [-0.05, 0) is 19.1 Å². The molecular formula is C12H13FN4OS. The number of carbonyl (C=O) groups excluding carboxylic acids is 1. The second kappa shape index (κ2) is 5.40. The Morgan fingerprint density at radius 2 is 2.11 bits per heavy atom. The van der Waals surface area contributed by atoms with E-state index in [-0.39, 0.29) is 5.82 Å². The van der Waals surface area contributed by atoms with Crippen LogP contribution in [-0.4, -0.2) is 25.9 Å². The van der Waals surface area contributed by atoms with Gasteiger partial charge in [0.25, 0.3) is 0 Å². The lowest BCUT2D eigenvalue weighted by molar-refractivity contribution is -0.117. The highest BCUT2D eigenvalue weighted by atomic mass is 32.2. The van der Waals surface area contributed by atoms with Gasteiger partial charge >= 0.3 is 0 Å². The number of aromatic nitrogens is 3. The highest BCUT2D eigenvalue weighted by Gasteiger charge is 2.18. The smallest absolute Gasteiger partial charge is 0.230 e. The molecule has 2 rings (SSSR count). The van der Waals surface area contributed by atoms with Crippen molar-refractivity contribution in [3.63, 3.8) is 0 Å². The number of nitrogens with zero attached hydrogens (tertiary/aromatic N) is 3. The Balaban J connectivity index is 2.34. The zero-order chi connectivity index (χ0) is 14.0. The first kappa shape index (κ1) is 13.5. The predicted molar refractivity (Wildman–Crippen MR) is 70.9 cm³/mol. The quantitative estimate of drug-likeness (QED) is 0.863. The molecule has 0 unspecified atom stereocenters. The van der Waals surface area contributed by atoms with Crippen molar-refractivity contribution in [2.75, 3.05) is 0 Å². The average molecular weight is 280 g/mol. The Labute approximate surface area is 114 Å². The number of thioether (sulfide) groups is 1. The van der Waals surface area contributed by atoms with Gasteiger partial charge in [-0.2, -0.15) is 0 Å². The van der Waals surface area contributed by atoms with Gasteiger partial charge in [-0.1, -0.05) is 23.9 Å². The van der Waals surface area contributed by atoms with Crippen molar-refractivity contribution in [3.8, 4) is 11.4 Å². The van der Waals surface area contributed by atoms with E-state index in [1.54, 1.807) is 36.7 Å². The van der Waals surface area contributed by atoms with Crippen LogP contribution in [0.1, 0.15) is 6.92 Å². The second-order valence-electron chi connectivity index (χ2n) is 4.01. The summed E-state index contributed by atoms with van der Waals surface area (Å²) in [7, 11) is 1.72. The topological polar surface area (TPSA) is 73.8 Å². The summed E-state index contributed by atoms with van der Waals surface area (Å²) >= 11 is 1.19. The maximum absolute atomic E-state index is 13.7. The highest BCUT2D eigenvalue weighted by Crippen LogP contribution is 2.26. The van der Waals surface area contributed by atoms with Crippen LogP contribution in [0.25, 0.3) is 11.4 Å². The second-order valence-corrected chi connectivity index (χ2v) is 5.32. The molecule has 100 valence electrons. The molecule has 0 bridgehead atoms. The summed E-state index contributed by atoms with van der Waals surface area (Å²) in [4.78, 5) is 11.0. The monoisotopic (exact) mass is 280 g/mol. The highest BCUT2D eigenvalue weighted by molar-refractivity contribution is 8.00. The molecule has 1 atom stereocenters. The van der Waals surface area contributed by atoms with Crippen molar-refractivity contribution in [1.82, 2.24) is 14.8 Å². The van der Waals surface area contributed by atoms with E-state index < -0.39 is 11.2 Å². The van der Waals surface area contributed by atoms with Crippen LogP contribution in [0.15, 0.2) is 29.4 Å². The van der Waals surface area contributed by atoms with Crippen LogP contribution < -0.4 is 5.73 Å². The van der Waals surface area contributed by atoms with Gasteiger partial charge in [-0.15, -0.1) is 10.2 Å². The van der Waals surface area contributed by atoms with Crippen LogP contribution in [0.4, 0.5) is 4.39 Å². The third-order valence-corrected chi connectivity index (χ3v) is 3.78. The summed E-state index contributed by atoms with van der Waals surface area (Å²) in [5.74, 6) is -0.379. The van der Waals surface area contributed by atoms with Gasteiger partial charge in [-0.3, -0.25) is 4.79 Å². The molecule has 2 aromatic rings. The minimum absolute atomic E-state index is 0.363. The van der Waals surface area contributed by atoms with E-state index in [0.717, 1.165) is 0 Å². The molecule has 1 aromatic carbocycles. The lowest BCUT2D eigenvalue weighted by atomic mass is 10.2. The molecule has 0 aliphatic carbocycles. The molecule has 0 aliphatic heterocycles. The standard InChI is InChI=1S/C12H13FN4OS/c1-7(10(14)18)19-12-16-15-11(17(12)2)8-5-3-4-6-9(8)13/h3-7H,1-2H3,(H2,14,18)/t7-/m1/s1. The molecular weight excluding hydrogens is 267 g/mol. The fourth-order valence-electron chi connectivity index (χ4n) is 1.51. The minimum Gasteiger partial charge on any atom is -0.369 e. The van der Waals surface area contributed by atoms with Crippen LogP contribution in [0, 0.1) is 5.82 Å². The lowest BCUT2D eigenvalue weighted by Crippen LogP contribution is -2.22. The van der Waals surface area contributed by atoms with Crippen LogP contribution in [0.3, 0.4) is 0 Å². The van der Waals surface area contributed by atoms with Crippen molar-refractivity contribution >= 4 is 17.7 Å². The first-order valence-electron chi connectivity index (χ1n) is 5.61. The number of primary amides is 1. The van der Waals surface area contributed by atoms with Crippen LogP contribution in [0.2, 0.25) is 0 Å². The SMILES string of the molecule is C[C@@H](Sc1nnc(-c2ccccc2F)n1C)C(N)=O. The fraction of sp³-hybridized carbons (Fsp3) is 0.250. The number of nitrogens with two attached hydrogens (primary N) is 1. The van der Waals surface area contributed by atoms with Crippen LogP contribution in [0.5, 0.6) is 0 Å². The average Bonchev–Trinajstić information content (AvgIpc) is 2.72. The number of halogens is 1. The number of rotatable bonds is 4. The summed E-state index contributed by atoms with van der Waals surface area (Å²) in [5, 5.41) is 8.01. The first-order chi connectivity index (χ1) is 9.00. The molecule has 7 heteroatoms. The summed E-state index contributed by atoms with van der Waals surface area (Å²) in [5.41, 5.74) is 5.57. The van der Waals surface area contributed by atoms with E-state index in [1.807, 2.05) is 0 Å². The third-order valence-electron chi connectivity index (χ3n) is 2.63. The van der Waals surface area contributed by atoms with Gasteiger partial charge in [-0.25, -0.2) is 4.39 Å². The van der Waals surface area contributed by atoms with Gasteiger partial charge in [0, 0.05) is 7.05 Å². The molecule has 1 heterocycles. The lowest BCUT2D eigenvalue weighted by Gasteiger charge is -2.07. The maximum atomic E-state index is 13.7. The Morgan fingerprint density at radius 1 is 1.42 bits per heavy atom. The zero-order valence-corrected chi connectivity index (χ0v) is 11.3. The fourth-order valence-corrected chi connectivity index (χ4v) is 2.28. The number of benzene rings is 1. The van der Waals surface area contributed by atoms with E-state index in [2.05, 4.69) is 10.2 Å². The summed E-state index contributed by atoms with van der Waals surface area (Å²) in [6, 6.07) is 6.33. The third kappa shape index (κ3) is 2.76. The summed E-state index contributed by atoms with van der Waals surface area (Å²) in [6.07, 6.45) is 0. The van der Waals surface area contributed by atoms with Crippen molar-refractivity contribution in [1.29, 1.82) is 0 Å². The molecule has 1 aromatic heterocycles. The van der Waals surface area contributed by atoms with E-state index >= 15 is 0 Å². The van der Waals surface area contributed by atoms with Gasteiger partial charge in [0.15, 0.2) is 11.0 Å². The normalized spacial score (nSPS) is 12.4. The van der Waals surface area contributed by atoms with E-state index in [1.165, 1.54) is 17.8 Å². The van der Waals surface area contributed by atoms with E-state index in [4.69, 9.17) is 5.73 Å². The summed E-state index contributed by atoms with van der Waals surface area (Å²) in [6.45, 7) is 1.68. The molecule has 0 spiro atoms. The first-order valence-corrected chi connectivity index (χ1v) is 6.49. The van der Waals surface area contributed by atoms with Gasteiger partial charge in [0.1, 0.15) is 5.82 Å². The van der Waals surface area contributed by atoms with Gasteiger partial charge in [0.2, 0.25) is 5.91 Å². The maximum Gasteiger partial charge on any atom is 0.230 e. The Hall–Kier alpha value is -1.89. The van der Waals surface area contributed by atoms with Gasteiger partial charge < -0.3 is 10.3 Å². The van der Waals surface area contributed by atoms with E-state index in [9.17, 15) is 9.18 Å². The molecule has 5 nitrogen and oxygen atoms in total. The van der Waals surface area contributed by atoms with Crippen molar-refractivity contribution < 1.29 is 9.18 Å². The molecule has 0 saturated carbocycles. The van der Waals surface area contributed by atoms with Crippen LogP contribution in [-0.2, 0) is 11.8 Å². The Bertz CT molecular complexity index is 614. The molecule has 19 heavy (non-hydrogen) atoms. The van der Waals surface area contributed by atoms with Crippen molar-refractivity contribution in [3.05, 3.63) is 30.1 Å². The zero-order valence-electron chi connectivity index (χ0n) is 10.5. The Kier molecular flexibility index (Phi) is 3.84. The van der Waals surface area contributed by atoms with Gasteiger partial charge in [0.05, 0.1) is 10.8 Å². The number of hydrogen-bond acceptors (Lipinski definition) is 4. The van der Waals surface area contributed by atoms with Crippen LogP contribution >= 0.6 is 11.8 Å². The molecule has 2 N–H and O–H groups in total. The van der Waals surface area contributed by atoms with Crippen molar-refractivity contribution in [2.45, 2.75) is 17.3 Å². The van der Waals surface area contributed by atoms with E-state index in [0.29, 0.717) is 16.5 Å². The molecule has 0 saturated heterocycles. The number of carbonyl (C=O) groups is 1. The Morgan fingerprint density at radius 3 is 2.74 bits per heavy atom. The number of amides is 1. The molecule has 0 radical (unpaired) electrons. The minimum atomic E-state index is -0.430. The summed E-state index contributed by atoms with van der Waals surface area (Å²) < 4.78 is 15.3. The molecule has 0 aliphatic rings. The predicted octanol–water partition coefficient (Wildman–Crippen LogP) is 1.59. The number of hydrogen-bond donors (Lipinski definition) is 1. The molecule has 0 fully saturated rings.